The van der Waals surface area contributed by atoms with Crippen molar-refractivity contribution in [2.75, 3.05) is 5.32 Å². The summed E-state index contributed by atoms with van der Waals surface area (Å²) in [6, 6.07) is 23.5. The van der Waals surface area contributed by atoms with Gasteiger partial charge in [0.15, 0.2) is 0 Å². The van der Waals surface area contributed by atoms with Crippen LogP contribution >= 0.6 is 0 Å². The highest BCUT2D eigenvalue weighted by molar-refractivity contribution is 6.08. The number of benzene rings is 4. The van der Waals surface area contributed by atoms with E-state index in [1.807, 2.05) is 12.1 Å². The highest BCUT2D eigenvalue weighted by Gasteiger charge is 2.30. The third-order valence-electron chi connectivity index (χ3n) is 6.53. The van der Waals surface area contributed by atoms with Crippen LogP contribution in [0, 0.1) is 0 Å². The summed E-state index contributed by atoms with van der Waals surface area (Å²) in [5.41, 5.74) is 3.89. The number of rotatable bonds is 5. The number of nitrogens with one attached hydrogen (secondary N) is 1. The molecule has 0 saturated carbocycles. The van der Waals surface area contributed by atoms with Gasteiger partial charge in [0.1, 0.15) is 5.75 Å². The predicted octanol–water partition coefficient (Wildman–Crippen LogP) is 6.42. The summed E-state index contributed by atoms with van der Waals surface area (Å²) in [6.07, 6.45) is -4.21. The Bertz CT molecular complexity index is 1500. The SMILES string of the molecule is O=C(Nc1ccc2c(c1)CN(C(=O)Cc1ccc(O)cc1)C2)c1ccccc1-c1ccc(C(F)(F)F)cc1. The van der Waals surface area contributed by atoms with Crippen molar-refractivity contribution in [1.82, 2.24) is 4.90 Å². The lowest BCUT2D eigenvalue weighted by atomic mass is 9.98. The van der Waals surface area contributed by atoms with E-state index in [1.54, 1.807) is 59.5 Å². The number of anilines is 1. The lowest BCUT2D eigenvalue weighted by molar-refractivity contribution is -0.137. The summed E-state index contributed by atoms with van der Waals surface area (Å²) in [5.74, 6) is -0.284. The van der Waals surface area contributed by atoms with E-state index in [0.717, 1.165) is 28.8 Å². The molecule has 0 radical (unpaired) electrons. The molecule has 4 aromatic carbocycles. The molecule has 192 valence electrons. The van der Waals surface area contributed by atoms with Gasteiger partial charge in [0.25, 0.3) is 5.91 Å². The number of carbonyl (C=O) groups excluding carboxylic acids is 2. The van der Waals surface area contributed by atoms with E-state index in [9.17, 15) is 27.9 Å². The first-order chi connectivity index (χ1) is 18.2. The first kappa shape index (κ1) is 25.1. The predicted molar refractivity (Wildman–Crippen MR) is 137 cm³/mol. The zero-order chi connectivity index (χ0) is 26.9. The Labute approximate surface area is 217 Å². The van der Waals surface area contributed by atoms with Gasteiger partial charge in [-0.25, -0.2) is 0 Å². The van der Waals surface area contributed by atoms with Crippen LogP contribution in [0.3, 0.4) is 0 Å². The first-order valence-corrected chi connectivity index (χ1v) is 11.9. The van der Waals surface area contributed by atoms with E-state index in [4.69, 9.17) is 0 Å². The van der Waals surface area contributed by atoms with E-state index in [0.29, 0.717) is 35.5 Å². The molecule has 0 fully saturated rings. The third kappa shape index (κ3) is 5.39. The summed E-state index contributed by atoms with van der Waals surface area (Å²) in [7, 11) is 0. The molecule has 0 spiro atoms. The minimum atomic E-state index is -4.44. The summed E-state index contributed by atoms with van der Waals surface area (Å²) >= 11 is 0. The second-order valence-electron chi connectivity index (χ2n) is 9.15. The molecule has 0 unspecified atom stereocenters. The molecule has 0 aliphatic carbocycles. The number of amides is 2. The fourth-order valence-corrected chi connectivity index (χ4v) is 4.52. The van der Waals surface area contributed by atoms with Gasteiger partial charge in [-0.2, -0.15) is 13.2 Å². The number of nitrogens with zero attached hydrogens (tertiary/aromatic N) is 1. The number of alkyl halides is 3. The molecular weight excluding hydrogens is 493 g/mol. The smallest absolute Gasteiger partial charge is 0.416 e. The van der Waals surface area contributed by atoms with Gasteiger partial charge in [-0.15, -0.1) is 0 Å². The van der Waals surface area contributed by atoms with Gasteiger partial charge in [-0.1, -0.05) is 48.5 Å². The lowest BCUT2D eigenvalue weighted by Crippen LogP contribution is -2.26. The van der Waals surface area contributed by atoms with Gasteiger partial charge < -0.3 is 15.3 Å². The molecule has 0 bridgehead atoms. The number of fused-ring (bicyclic) bond motifs is 1. The van der Waals surface area contributed by atoms with Gasteiger partial charge in [0, 0.05) is 24.3 Å². The van der Waals surface area contributed by atoms with Crippen LogP contribution in [-0.2, 0) is 30.5 Å². The number of hydrogen-bond donors (Lipinski definition) is 2. The van der Waals surface area contributed by atoms with Crippen molar-refractivity contribution in [1.29, 1.82) is 0 Å². The van der Waals surface area contributed by atoms with Gasteiger partial charge in [0.05, 0.1) is 12.0 Å². The van der Waals surface area contributed by atoms with Crippen LogP contribution in [0.1, 0.15) is 32.6 Å². The summed E-state index contributed by atoms with van der Waals surface area (Å²) < 4.78 is 38.9. The number of phenols is 1. The molecule has 1 aliphatic rings. The van der Waals surface area contributed by atoms with E-state index < -0.39 is 17.6 Å². The monoisotopic (exact) mass is 516 g/mol. The van der Waals surface area contributed by atoms with Crippen molar-refractivity contribution >= 4 is 17.5 Å². The van der Waals surface area contributed by atoms with E-state index in [-0.39, 0.29) is 18.1 Å². The standard InChI is InChI=1S/C30H23F3N2O3/c31-30(32,33)23-10-7-20(8-11-23)26-3-1-2-4-27(26)29(38)34-24-12-9-21-17-35(18-22(21)16-24)28(37)15-19-5-13-25(36)14-6-19/h1-14,16,36H,15,17-18H2,(H,34,38). The molecule has 2 amide bonds. The number of halogens is 3. The highest BCUT2D eigenvalue weighted by atomic mass is 19.4. The van der Waals surface area contributed by atoms with Crippen LogP contribution in [0.15, 0.2) is 91.0 Å². The molecule has 0 aromatic heterocycles. The number of hydrogen-bond acceptors (Lipinski definition) is 3. The highest BCUT2D eigenvalue weighted by Crippen LogP contribution is 2.32. The molecule has 4 aromatic rings. The minimum absolute atomic E-state index is 0.0389. The molecule has 1 aliphatic heterocycles. The zero-order valence-corrected chi connectivity index (χ0v) is 20.1. The second kappa shape index (κ2) is 10.0. The van der Waals surface area contributed by atoms with Crippen LogP contribution in [0.5, 0.6) is 5.75 Å². The number of aromatic hydroxyl groups is 1. The fraction of sp³-hybridized carbons (Fsp3) is 0.133. The third-order valence-corrected chi connectivity index (χ3v) is 6.53. The van der Waals surface area contributed by atoms with Crippen LogP contribution in [-0.4, -0.2) is 21.8 Å². The molecule has 8 heteroatoms. The van der Waals surface area contributed by atoms with Crippen molar-refractivity contribution < 1.29 is 27.9 Å². The molecule has 38 heavy (non-hydrogen) atoms. The van der Waals surface area contributed by atoms with Crippen molar-refractivity contribution in [3.63, 3.8) is 0 Å². The maximum Gasteiger partial charge on any atom is 0.416 e. The maximum absolute atomic E-state index is 13.2. The second-order valence-corrected chi connectivity index (χ2v) is 9.15. The van der Waals surface area contributed by atoms with Crippen LogP contribution in [0.25, 0.3) is 11.1 Å². The van der Waals surface area contributed by atoms with Gasteiger partial charge in [-0.3, -0.25) is 9.59 Å². The van der Waals surface area contributed by atoms with E-state index >= 15 is 0 Å². The lowest BCUT2D eigenvalue weighted by Gasteiger charge is -2.15. The summed E-state index contributed by atoms with van der Waals surface area (Å²) in [4.78, 5) is 27.7. The topological polar surface area (TPSA) is 69.6 Å². The largest absolute Gasteiger partial charge is 0.508 e. The Hall–Kier alpha value is -4.59. The van der Waals surface area contributed by atoms with Gasteiger partial charge in [0.2, 0.25) is 5.91 Å². The first-order valence-electron chi connectivity index (χ1n) is 11.9. The number of carbonyl (C=O) groups is 2. The number of phenolic OH excluding ortho intramolecular Hbond substituents is 1. The summed E-state index contributed by atoms with van der Waals surface area (Å²) in [6.45, 7) is 0.884. The van der Waals surface area contributed by atoms with Crippen LogP contribution in [0.4, 0.5) is 18.9 Å². The van der Waals surface area contributed by atoms with Gasteiger partial charge in [-0.05, 0) is 70.3 Å². The fourth-order valence-electron chi connectivity index (χ4n) is 4.52. The van der Waals surface area contributed by atoms with E-state index in [2.05, 4.69) is 5.32 Å². The quantitative estimate of drug-likeness (QED) is 0.322. The Morgan fingerprint density at radius 3 is 2.24 bits per heavy atom. The average Bonchev–Trinajstić information content (AvgIpc) is 3.33. The average molecular weight is 517 g/mol. The van der Waals surface area contributed by atoms with Crippen molar-refractivity contribution in [2.45, 2.75) is 25.7 Å². The van der Waals surface area contributed by atoms with Crippen molar-refractivity contribution in [3.05, 3.63) is 119 Å². The molecule has 0 atom stereocenters. The molecule has 5 rings (SSSR count). The Balaban J connectivity index is 1.29. The molecule has 0 saturated heterocycles. The zero-order valence-electron chi connectivity index (χ0n) is 20.1. The van der Waals surface area contributed by atoms with Crippen molar-refractivity contribution in [2.24, 2.45) is 0 Å². The molecule has 5 nitrogen and oxygen atoms in total. The Kier molecular flexibility index (Phi) is 6.63. The molecule has 1 heterocycles. The normalized spacial score (nSPS) is 12.8. The van der Waals surface area contributed by atoms with E-state index in [1.165, 1.54) is 12.1 Å². The summed E-state index contributed by atoms with van der Waals surface area (Å²) in [5, 5.41) is 12.3. The maximum atomic E-state index is 13.2. The van der Waals surface area contributed by atoms with Crippen molar-refractivity contribution in [3.8, 4) is 16.9 Å². The molecule has 2 N–H and O–H groups in total. The van der Waals surface area contributed by atoms with Crippen LogP contribution < -0.4 is 5.32 Å². The Morgan fingerprint density at radius 2 is 1.53 bits per heavy atom. The Morgan fingerprint density at radius 1 is 0.842 bits per heavy atom. The van der Waals surface area contributed by atoms with Crippen LogP contribution in [0.2, 0.25) is 0 Å². The minimum Gasteiger partial charge on any atom is -0.508 e. The van der Waals surface area contributed by atoms with Gasteiger partial charge >= 0.3 is 6.18 Å². The molecular formula is C30H23F3N2O3.